The molecule has 0 bridgehead atoms. The second-order valence-corrected chi connectivity index (χ2v) is 11.3. The fraction of sp³-hybridized carbons (Fsp3) is 0.839. The van der Waals surface area contributed by atoms with Gasteiger partial charge in [-0.1, -0.05) is 0 Å². The highest BCUT2D eigenvalue weighted by Crippen LogP contribution is 2.26. The van der Waals surface area contributed by atoms with E-state index in [1.165, 1.54) is 6.92 Å². The number of carboxylic acid groups (broad SMARTS) is 2. The first-order valence-electron chi connectivity index (χ1n) is 16.5. The Kier molecular flexibility index (Phi) is 23.3. The maximum atomic E-state index is 13.5. The molecular weight excluding hydrogens is 672 g/mol. The molecule has 290 valence electrons. The number of carbonyl (C=O) groups is 5. The molecule has 0 aromatic carbocycles. The molecule has 0 radical (unpaired) electrons. The van der Waals surface area contributed by atoms with Crippen LogP contribution in [0.3, 0.4) is 0 Å². The van der Waals surface area contributed by atoms with Crippen LogP contribution >= 0.6 is 0 Å². The molecule has 0 aromatic heterocycles. The van der Waals surface area contributed by atoms with Crippen molar-refractivity contribution in [2.75, 3.05) is 79.7 Å². The zero-order valence-corrected chi connectivity index (χ0v) is 28.9. The predicted molar refractivity (Wildman–Crippen MR) is 170 cm³/mol. The Bertz CT molecular complexity index is 1020. The van der Waals surface area contributed by atoms with Crippen molar-refractivity contribution in [2.24, 2.45) is 0 Å². The Balaban J connectivity index is 2.66. The third-order valence-electron chi connectivity index (χ3n) is 7.59. The molecule has 1 rings (SSSR count). The number of nitrogens with zero attached hydrogens (tertiary/aromatic N) is 1. The topological polar surface area (TPSA) is 266 Å². The Morgan fingerprint density at radius 3 is 1.86 bits per heavy atom. The number of carboxylic acids is 2. The standard InChI is InChI=1S/C31H54N2O17/c1-4-45-11-12-47-15-16-48-14-13-46-9-5-6-10-49-19-23-28(39)29(40)27(38)22(50-23)17-24(34)33(21(31(42)43)7-8-25(35)36)20(2)30(41)32-18-26(37)44-3/h20-23,27-29,38-40H,4-19H2,1-3H3,(H,32,41)(H,35,36)(H,42,43). The number of nitrogens with one attached hydrogen (secondary N) is 1. The van der Waals surface area contributed by atoms with E-state index < -0.39 is 98.1 Å². The first-order valence-corrected chi connectivity index (χ1v) is 16.5. The van der Waals surface area contributed by atoms with Crippen molar-refractivity contribution in [3.05, 3.63) is 0 Å². The number of hydrogen-bond acceptors (Lipinski definition) is 15. The van der Waals surface area contributed by atoms with Crippen LogP contribution in [0.25, 0.3) is 0 Å². The molecule has 2 amide bonds. The van der Waals surface area contributed by atoms with Crippen LogP contribution in [0.2, 0.25) is 0 Å². The molecule has 50 heavy (non-hydrogen) atoms. The third kappa shape index (κ3) is 17.3. The molecule has 7 atom stereocenters. The van der Waals surface area contributed by atoms with Crippen LogP contribution in [0, 0.1) is 0 Å². The normalized spacial score (nSPS) is 21.6. The molecule has 0 saturated carbocycles. The van der Waals surface area contributed by atoms with Crippen LogP contribution in [0.5, 0.6) is 0 Å². The fourth-order valence-electron chi connectivity index (χ4n) is 4.83. The van der Waals surface area contributed by atoms with E-state index in [4.69, 9.17) is 33.5 Å². The number of unbranched alkanes of at least 4 members (excludes halogenated alkanes) is 1. The Hall–Kier alpha value is -3.01. The molecule has 0 spiro atoms. The molecule has 0 aromatic rings. The highest BCUT2D eigenvalue weighted by Gasteiger charge is 2.46. The van der Waals surface area contributed by atoms with E-state index in [0.717, 1.165) is 7.11 Å². The average Bonchev–Trinajstić information content (AvgIpc) is 3.08. The second-order valence-electron chi connectivity index (χ2n) is 11.3. The third-order valence-corrected chi connectivity index (χ3v) is 7.59. The van der Waals surface area contributed by atoms with Crippen molar-refractivity contribution in [3.63, 3.8) is 0 Å². The molecule has 7 unspecified atom stereocenters. The minimum absolute atomic E-state index is 0.219. The number of amides is 2. The van der Waals surface area contributed by atoms with Gasteiger partial charge >= 0.3 is 17.9 Å². The summed E-state index contributed by atoms with van der Waals surface area (Å²) in [5.74, 6) is -5.74. The summed E-state index contributed by atoms with van der Waals surface area (Å²) in [5.41, 5.74) is 0. The number of hydrogen-bond donors (Lipinski definition) is 6. The first-order chi connectivity index (χ1) is 23.8. The van der Waals surface area contributed by atoms with Gasteiger partial charge in [0, 0.05) is 26.2 Å². The van der Waals surface area contributed by atoms with Crippen molar-refractivity contribution in [3.8, 4) is 0 Å². The zero-order valence-electron chi connectivity index (χ0n) is 28.9. The smallest absolute Gasteiger partial charge is 0.326 e. The molecular formula is C31H54N2O17. The molecule has 19 heteroatoms. The number of methoxy groups -OCH3 is 1. The molecule has 6 N–H and O–H groups in total. The van der Waals surface area contributed by atoms with E-state index in [-0.39, 0.29) is 13.2 Å². The van der Waals surface area contributed by atoms with E-state index in [1.807, 2.05) is 6.92 Å². The summed E-state index contributed by atoms with van der Waals surface area (Å²) in [6.45, 7) is 6.41. The summed E-state index contributed by atoms with van der Waals surface area (Å²) < 4.78 is 37.2. The Labute approximate surface area is 291 Å². The van der Waals surface area contributed by atoms with E-state index in [0.29, 0.717) is 70.6 Å². The lowest BCUT2D eigenvalue weighted by atomic mass is 9.92. The zero-order chi connectivity index (χ0) is 37.5. The van der Waals surface area contributed by atoms with Crippen molar-refractivity contribution >= 4 is 29.7 Å². The molecule has 1 heterocycles. The number of ether oxygens (including phenoxy) is 7. The maximum absolute atomic E-state index is 13.5. The average molecular weight is 727 g/mol. The van der Waals surface area contributed by atoms with Crippen LogP contribution in [0.1, 0.15) is 46.0 Å². The van der Waals surface area contributed by atoms with Crippen LogP contribution in [0.4, 0.5) is 0 Å². The van der Waals surface area contributed by atoms with Crippen molar-refractivity contribution in [1.82, 2.24) is 10.2 Å². The van der Waals surface area contributed by atoms with Gasteiger partial charge in [0.15, 0.2) is 0 Å². The van der Waals surface area contributed by atoms with Gasteiger partial charge in [-0.05, 0) is 33.1 Å². The second kappa shape index (κ2) is 25.9. The number of aliphatic hydroxyl groups excluding tert-OH is 3. The summed E-state index contributed by atoms with van der Waals surface area (Å²) in [6.07, 6.45) is -8.52. The minimum Gasteiger partial charge on any atom is -0.481 e. The van der Waals surface area contributed by atoms with Crippen LogP contribution in [-0.4, -0.2) is 182 Å². The predicted octanol–water partition coefficient (Wildman–Crippen LogP) is -2.07. The molecule has 1 fully saturated rings. The quantitative estimate of drug-likeness (QED) is 0.0374. The lowest BCUT2D eigenvalue weighted by Crippen LogP contribution is -2.61. The number of rotatable bonds is 28. The molecule has 1 aliphatic heterocycles. The van der Waals surface area contributed by atoms with Gasteiger partial charge in [-0.25, -0.2) is 4.79 Å². The Morgan fingerprint density at radius 2 is 1.32 bits per heavy atom. The van der Waals surface area contributed by atoms with Gasteiger partial charge in [0.2, 0.25) is 11.8 Å². The van der Waals surface area contributed by atoms with Crippen molar-refractivity contribution in [1.29, 1.82) is 0 Å². The van der Waals surface area contributed by atoms with Gasteiger partial charge in [0.1, 0.15) is 43.0 Å². The van der Waals surface area contributed by atoms with Crippen LogP contribution in [0.15, 0.2) is 0 Å². The molecule has 19 nitrogen and oxygen atoms in total. The SMILES string of the molecule is CCOCCOCCOCCOCCCCOCC1OC(CC(=O)N(C(C)C(=O)NCC(=O)OC)C(CCC(=O)O)C(=O)O)C(O)C(O)C1O. The van der Waals surface area contributed by atoms with Gasteiger partial charge in [-0.3, -0.25) is 19.2 Å². The van der Waals surface area contributed by atoms with Gasteiger partial charge in [-0.15, -0.1) is 0 Å². The highest BCUT2D eigenvalue weighted by atomic mass is 16.6. The fourth-order valence-corrected chi connectivity index (χ4v) is 4.83. The lowest BCUT2D eigenvalue weighted by molar-refractivity contribution is -0.234. The largest absolute Gasteiger partial charge is 0.481 e. The van der Waals surface area contributed by atoms with Gasteiger partial charge in [-0.2, -0.15) is 0 Å². The molecule has 0 aliphatic carbocycles. The summed E-state index contributed by atoms with van der Waals surface area (Å²) in [5, 5.41) is 52.8. The van der Waals surface area contributed by atoms with E-state index in [1.54, 1.807) is 0 Å². The summed E-state index contributed by atoms with van der Waals surface area (Å²) in [4.78, 5) is 61.8. The van der Waals surface area contributed by atoms with Gasteiger partial charge in [0.05, 0.1) is 65.9 Å². The summed E-state index contributed by atoms with van der Waals surface area (Å²) in [7, 11) is 1.08. The highest BCUT2D eigenvalue weighted by molar-refractivity contribution is 5.92. The molecule has 1 saturated heterocycles. The minimum atomic E-state index is -1.79. The van der Waals surface area contributed by atoms with E-state index in [9.17, 15) is 44.4 Å². The van der Waals surface area contributed by atoms with Gasteiger partial charge < -0.3 is 68.9 Å². The number of carbonyl (C=O) groups excluding carboxylic acids is 3. The van der Waals surface area contributed by atoms with Gasteiger partial charge in [0.25, 0.3) is 0 Å². The first kappa shape index (κ1) is 45.0. The number of esters is 1. The van der Waals surface area contributed by atoms with Crippen LogP contribution < -0.4 is 5.32 Å². The Morgan fingerprint density at radius 1 is 0.780 bits per heavy atom. The summed E-state index contributed by atoms with van der Waals surface area (Å²) in [6, 6.07) is -3.32. The monoisotopic (exact) mass is 726 g/mol. The maximum Gasteiger partial charge on any atom is 0.326 e. The van der Waals surface area contributed by atoms with Crippen LogP contribution in [-0.2, 0) is 57.1 Å². The number of aliphatic carboxylic acids is 2. The van der Waals surface area contributed by atoms with E-state index >= 15 is 0 Å². The van der Waals surface area contributed by atoms with Crippen molar-refractivity contribution < 1.29 is 82.7 Å². The summed E-state index contributed by atoms with van der Waals surface area (Å²) >= 11 is 0. The lowest BCUT2D eigenvalue weighted by Gasteiger charge is -2.41. The van der Waals surface area contributed by atoms with Crippen molar-refractivity contribution in [2.45, 2.75) is 88.6 Å². The van der Waals surface area contributed by atoms with E-state index in [2.05, 4.69) is 10.1 Å². The number of aliphatic hydroxyl groups is 3. The molecule has 1 aliphatic rings.